The second-order valence-electron chi connectivity index (χ2n) is 4.63. The van der Waals surface area contributed by atoms with Gasteiger partial charge in [-0.05, 0) is 36.3 Å². The SMILES string of the molecule is COc1ccc(/C(=C/c2cccc(C)c2)C(=O)O)cc1Cl. The number of aliphatic carboxylic acids is 1. The zero-order valence-electron chi connectivity index (χ0n) is 11.8. The van der Waals surface area contributed by atoms with Crippen molar-refractivity contribution in [3.8, 4) is 5.75 Å². The Labute approximate surface area is 128 Å². The summed E-state index contributed by atoms with van der Waals surface area (Å²) >= 11 is 6.06. The lowest BCUT2D eigenvalue weighted by Crippen LogP contribution is -2.00. The summed E-state index contributed by atoms with van der Waals surface area (Å²) in [5.74, 6) is -0.488. The topological polar surface area (TPSA) is 46.5 Å². The summed E-state index contributed by atoms with van der Waals surface area (Å²) < 4.78 is 5.08. The van der Waals surface area contributed by atoms with Gasteiger partial charge in [0.05, 0.1) is 17.7 Å². The summed E-state index contributed by atoms with van der Waals surface area (Å²) in [4.78, 5) is 11.5. The third-order valence-electron chi connectivity index (χ3n) is 3.05. The molecule has 0 heterocycles. The van der Waals surface area contributed by atoms with Crippen LogP contribution in [-0.2, 0) is 4.79 Å². The Kier molecular flexibility index (Phi) is 4.66. The standard InChI is InChI=1S/C17H15ClO3/c1-11-4-3-5-12(8-11)9-14(17(19)20)13-6-7-16(21-2)15(18)10-13/h3-10H,1-2H3,(H,19,20)/b14-9-. The van der Waals surface area contributed by atoms with Crippen LogP contribution in [0.15, 0.2) is 42.5 Å². The first-order valence-corrected chi connectivity index (χ1v) is 6.74. The zero-order chi connectivity index (χ0) is 15.4. The van der Waals surface area contributed by atoms with Crippen molar-refractivity contribution in [1.29, 1.82) is 0 Å². The molecule has 0 aliphatic carbocycles. The van der Waals surface area contributed by atoms with Crippen LogP contribution in [0.5, 0.6) is 5.75 Å². The van der Waals surface area contributed by atoms with E-state index in [1.807, 2.05) is 31.2 Å². The number of hydrogen-bond donors (Lipinski definition) is 1. The van der Waals surface area contributed by atoms with E-state index in [0.717, 1.165) is 11.1 Å². The minimum absolute atomic E-state index is 0.185. The molecule has 0 bridgehead atoms. The van der Waals surface area contributed by atoms with Crippen LogP contribution in [0, 0.1) is 6.92 Å². The molecule has 0 fully saturated rings. The van der Waals surface area contributed by atoms with Crippen LogP contribution in [0.4, 0.5) is 0 Å². The molecule has 0 saturated carbocycles. The fraction of sp³-hybridized carbons (Fsp3) is 0.118. The normalized spacial score (nSPS) is 11.3. The average Bonchev–Trinajstić information content (AvgIpc) is 2.44. The molecule has 21 heavy (non-hydrogen) atoms. The van der Waals surface area contributed by atoms with Gasteiger partial charge in [-0.2, -0.15) is 0 Å². The van der Waals surface area contributed by atoms with Gasteiger partial charge in [0.1, 0.15) is 5.75 Å². The minimum Gasteiger partial charge on any atom is -0.495 e. The highest BCUT2D eigenvalue weighted by Gasteiger charge is 2.12. The molecule has 2 aromatic rings. The van der Waals surface area contributed by atoms with E-state index in [9.17, 15) is 9.90 Å². The summed E-state index contributed by atoms with van der Waals surface area (Å²) in [5, 5.41) is 9.81. The average molecular weight is 303 g/mol. The van der Waals surface area contributed by atoms with Crippen LogP contribution in [0.1, 0.15) is 16.7 Å². The van der Waals surface area contributed by atoms with Gasteiger partial charge < -0.3 is 9.84 Å². The van der Waals surface area contributed by atoms with Crippen LogP contribution in [-0.4, -0.2) is 18.2 Å². The molecule has 2 aromatic carbocycles. The van der Waals surface area contributed by atoms with Crippen molar-refractivity contribution >= 4 is 29.2 Å². The Bertz CT molecular complexity index is 705. The van der Waals surface area contributed by atoms with Gasteiger partial charge in [0, 0.05) is 0 Å². The molecule has 0 aromatic heterocycles. The van der Waals surface area contributed by atoms with E-state index in [-0.39, 0.29) is 5.57 Å². The monoisotopic (exact) mass is 302 g/mol. The van der Waals surface area contributed by atoms with Gasteiger partial charge in [-0.15, -0.1) is 0 Å². The van der Waals surface area contributed by atoms with E-state index in [1.54, 1.807) is 24.3 Å². The Balaban J connectivity index is 2.49. The Morgan fingerprint density at radius 3 is 2.57 bits per heavy atom. The molecular formula is C17H15ClO3. The molecule has 0 aliphatic heterocycles. The molecule has 0 radical (unpaired) electrons. The van der Waals surface area contributed by atoms with Gasteiger partial charge in [0.15, 0.2) is 0 Å². The van der Waals surface area contributed by atoms with Crippen molar-refractivity contribution in [2.24, 2.45) is 0 Å². The highest BCUT2D eigenvalue weighted by molar-refractivity contribution is 6.32. The first-order chi connectivity index (χ1) is 10.0. The van der Waals surface area contributed by atoms with Crippen molar-refractivity contribution in [1.82, 2.24) is 0 Å². The number of halogens is 1. The van der Waals surface area contributed by atoms with E-state index in [1.165, 1.54) is 7.11 Å². The van der Waals surface area contributed by atoms with E-state index >= 15 is 0 Å². The second kappa shape index (κ2) is 6.46. The predicted octanol–water partition coefficient (Wildman–Crippen LogP) is 4.28. The maximum atomic E-state index is 11.5. The molecule has 3 nitrogen and oxygen atoms in total. The maximum absolute atomic E-state index is 11.5. The Hall–Kier alpha value is -2.26. The van der Waals surface area contributed by atoms with E-state index in [2.05, 4.69) is 0 Å². The number of methoxy groups -OCH3 is 1. The summed E-state index contributed by atoms with van der Waals surface area (Å²) in [6.45, 7) is 1.96. The van der Waals surface area contributed by atoms with E-state index in [4.69, 9.17) is 16.3 Å². The molecule has 0 unspecified atom stereocenters. The number of ether oxygens (including phenoxy) is 1. The molecule has 0 saturated heterocycles. The predicted molar refractivity (Wildman–Crippen MR) is 84.7 cm³/mol. The highest BCUT2D eigenvalue weighted by atomic mass is 35.5. The smallest absolute Gasteiger partial charge is 0.336 e. The number of carboxylic acid groups (broad SMARTS) is 1. The minimum atomic E-state index is -1.00. The Morgan fingerprint density at radius 1 is 1.24 bits per heavy atom. The number of benzene rings is 2. The quantitative estimate of drug-likeness (QED) is 0.677. The number of hydrogen-bond acceptors (Lipinski definition) is 2. The zero-order valence-corrected chi connectivity index (χ0v) is 12.5. The van der Waals surface area contributed by atoms with Crippen LogP contribution >= 0.6 is 11.6 Å². The largest absolute Gasteiger partial charge is 0.495 e. The van der Waals surface area contributed by atoms with Crippen LogP contribution in [0.25, 0.3) is 11.6 Å². The van der Waals surface area contributed by atoms with Crippen LogP contribution in [0.3, 0.4) is 0 Å². The molecule has 1 N–H and O–H groups in total. The van der Waals surface area contributed by atoms with Crippen molar-refractivity contribution in [3.05, 3.63) is 64.2 Å². The van der Waals surface area contributed by atoms with E-state index < -0.39 is 5.97 Å². The molecule has 108 valence electrons. The first-order valence-electron chi connectivity index (χ1n) is 6.37. The number of rotatable bonds is 4. The molecule has 0 aliphatic rings. The summed E-state index contributed by atoms with van der Waals surface area (Å²) in [6.07, 6.45) is 1.63. The van der Waals surface area contributed by atoms with Gasteiger partial charge >= 0.3 is 5.97 Å². The second-order valence-corrected chi connectivity index (χ2v) is 5.03. The van der Waals surface area contributed by atoms with Crippen LogP contribution < -0.4 is 4.74 Å². The maximum Gasteiger partial charge on any atom is 0.336 e. The third kappa shape index (κ3) is 3.64. The van der Waals surface area contributed by atoms with Crippen molar-refractivity contribution in [3.63, 3.8) is 0 Å². The number of carbonyl (C=O) groups is 1. The van der Waals surface area contributed by atoms with Gasteiger partial charge in [-0.3, -0.25) is 0 Å². The summed E-state index contributed by atoms with van der Waals surface area (Å²) in [6, 6.07) is 12.6. The van der Waals surface area contributed by atoms with Crippen molar-refractivity contribution < 1.29 is 14.6 Å². The van der Waals surface area contributed by atoms with Crippen molar-refractivity contribution in [2.75, 3.05) is 7.11 Å². The van der Waals surface area contributed by atoms with Gasteiger partial charge in [0.2, 0.25) is 0 Å². The first kappa shape index (κ1) is 15.1. The van der Waals surface area contributed by atoms with Gasteiger partial charge in [0.25, 0.3) is 0 Å². The third-order valence-corrected chi connectivity index (χ3v) is 3.34. The molecular weight excluding hydrogens is 288 g/mol. The summed E-state index contributed by atoms with van der Waals surface area (Å²) in [7, 11) is 1.52. The molecule has 4 heteroatoms. The molecule has 0 spiro atoms. The molecule has 0 atom stereocenters. The lowest BCUT2D eigenvalue weighted by molar-refractivity contribution is -0.130. The molecule has 2 rings (SSSR count). The number of aryl methyl sites for hydroxylation is 1. The summed E-state index contributed by atoms with van der Waals surface area (Å²) in [5.41, 5.74) is 2.63. The lowest BCUT2D eigenvalue weighted by Gasteiger charge is -2.07. The fourth-order valence-corrected chi connectivity index (χ4v) is 2.29. The van der Waals surface area contributed by atoms with Gasteiger partial charge in [-0.1, -0.05) is 47.5 Å². The highest BCUT2D eigenvalue weighted by Crippen LogP contribution is 2.29. The lowest BCUT2D eigenvalue weighted by atomic mass is 10.0. The van der Waals surface area contributed by atoms with Gasteiger partial charge in [-0.25, -0.2) is 4.79 Å². The Morgan fingerprint density at radius 2 is 2.00 bits per heavy atom. The van der Waals surface area contributed by atoms with Crippen molar-refractivity contribution in [2.45, 2.75) is 6.92 Å². The van der Waals surface area contributed by atoms with E-state index in [0.29, 0.717) is 16.3 Å². The fourth-order valence-electron chi connectivity index (χ4n) is 2.03. The molecule has 0 amide bonds. The number of carboxylic acids is 1. The van der Waals surface area contributed by atoms with Crippen LogP contribution in [0.2, 0.25) is 5.02 Å².